The van der Waals surface area contributed by atoms with Gasteiger partial charge in [0.25, 0.3) is 0 Å². The predicted molar refractivity (Wildman–Crippen MR) is 59.9 cm³/mol. The monoisotopic (exact) mass is 211 g/mol. The Morgan fingerprint density at radius 2 is 2.13 bits per heavy atom. The zero-order chi connectivity index (χ0) is 11.8. The van der Waals surface area contributed by atoms with E-state index in [0.29, 0.717) is 25.4 Å². The number of carbonyl (C=O) groups is 1. The first kappa shape index (κ1) is 13.9. The first-order valence-electron chi connectivity index (χ1n) is 5.34. The summed E-state index contributed by atoms with van der Waals surface area (Å²) in [6, 6.07) is 2.03. The SMILES string of the molecule is CC(C)CC(CN)C(=O)N(C)CCC#N. The van der Waals surface area contributed by atoms with Crippen molar-refractivity contribution in [1.29, 1.82) is 5.26 Å². The fourth-order valence-electron chi connectivity index (χ4n) is 1.51. The van der Waals surface area contributed by atoms with E-state index in [1.807, 2.05) is 6.07 Å². The zero-order valence-electron chi connectivity index (χ0n) is 9.86. The molecule has 2 N–H and O–H groups in total. The van der Waals surface area contributed by atoms with Gasteiger partial charge >= 0.3 is 0 Å². The lowest BCUT2D eigenvalue weighted by Gasteiger charge is -2.23. The highest BCUT2D eigenvalue weighted by atomic mass is 16.2. The molecule has 1 unspecified atom stereocenters. The first-order chi connectivity index (χ1) is 7.02. The van der Waals surface area contributed by atoms with Crippen LogP contribution in [0.5, 0.6) is 0 Å². The minimum Gasteiger partial charge on any atom is -0.344 e. The van der Waals surface area contributed by atoms with Crippen LogP contribution in [0.25, 0.3) is 0 Å². The van der Waals surface area contributed by atoms with E-state index in [9.17, 15) is 4.79 Å². The van der Waals surface area contributed by atoms with Gasteiger partial charge in [-0.3, -0.25) is 4.79 Å². The molecular formula is C11H21N3O. The second kappa shape index (κ2) is 7.24. The zero-order valence-corrected chi connectivity index (χ0v) is 9.86. The van der Waals surface area contributed by atoms with Gasteiger partial charge in [0.1, 0.15) is 0 Å². The molecule has 0 saturated heterocycles. The Morgan fingerprint density at radius 1 is 1.53 bits per heavy atom. The third-order valence-corrected chi connectivity index (χ3v) is 2.32. The fraction of sp³-hybridized carbons (Fsp3) is 0.818. The topological polar surface area (TPSA) is 70.1 Å². The van der Waals surface area contributed by atoms with E-state index < -0.39 is 0 Å². The molecule has 0 spiro atoms. The molecule has 15 heavy (non-hydrogen) atoms. The Morgan fingerprint density at radius 3 is 2.53 bits per heavy atom. The van der Waals surface area contributed by atoms with Crippen molar-refractivity contribution in [2.24, 2.45) is 17.6 Å². The minimum absolute atomic E-state index is 0.0569. The van der Waals surface area contributed by atoms with Gasteiger partial charge in [-0.2, -0.15) is 5.26 Å². The molecule has 4 nitrogen and oxygen atoms in total. The van der Waals surface area contributed by atoms with Crippen molar-refractivity contribution >= 4 is 5.91 Å². The molecule has 1 amide bonds. The smallest absolute Gasteiger partial charge is 0.226 e. The van der Waals surface area contributed by atoms with Gasteiger partial charge in [-0.15, -0.1) is 0 Å². The summed E-state index contributed by atoms with van der Waals surface area (Å²) in [5.41, 5.74) is 5.58. The molecule has 0 aliphatic carbocycles. The third kappa shape index (κ3) is 5.38. The number of hydrogen-bond donors (Lipinski definition) is 1. The fourth-order valence-corrected chi connectivity index (χ4v) is 1.51. The highest BCUT2D eigenvalue weighted by Crippen LogP contribution is 2.13. The molecule has 0 aromatic carbocycles. The molecule has 0 aliphatic heterocycles. The van der Waals surface area contributed by atoms with E-state index in [0.717, 1.165) is 6.42 Å². The molecule has 0 aromatic rings. The summed E-state index contributed by atoms with van der Waals surface area (Å²) in [5.74, 6) is 0.419. The lowest BCUT2D eigenvalue weighted by Crippen LogP contribution is -2.37. The van der Waals surface area contributed by atoms with Crippen LogP contribution in [-0.4, -0.2) is 30.9 Å². The average molecular weight is 211 g/mol. The molecule has 0 rings (SSSR count). The van der Waals surface area contributed by atoms with Gasteiger partial charge in [0.2, 0.25) is 5.91 Å². The second-order valence-electron chi connectivity index (χ2n) is 4.23. The van der Waals surface area contributed by atoms with E-state index in [1.54, 1.807) is 11.9 Å². The van der Waals surface area contributed by atoms with Crippen LogP contribution in [0.2, 0.25) is 0 Å². The van der Waals surface area contributed by atoms with Gasteiger partial charge < -0.3 is 10.6 Å². The molecule has 0 fully saturated rings. The van der Waals surface area contributed by atoms with E-state index in [2.05, 4.69) is 13.8 Å². The summed E-state index contributed by atoms with van der Waals surface area (Å²) < 4.78 is 0. The van der Waals surface area contributed by atoms with Crippen LogP contribution in [0.3, 0.4) is 0 Å². The van der Waals surface area contributed by atoms with Crippen LogP contribution >= 0.6 is 0 Å². The van der Waals surface area contributed by atoms with Crippen LogP contribution < -0.4 is 5.73 Å². The molecule has 0 bridgehead atoms. The lowest BCUT2D eigenvalue weighted by molar-refractivity contribution is -0.134. The maximum absolute atomic E-state index is 11.9. The van der Waals surface area contributed by atoms with Crippen molar-refractivity contribution in [2.45, 2.75) is 26.7 Å². The van der Waals surface area contributed by atoms with Crippen LogP contribution in [-0.2, 0) is 4.79 Å². The summed E-state index contributed by atoms with van der Waals surface area (Å²) in [5, 5.41) is 8.43. The number of nitrogens with zero attached hydrogens (tertiary/aromatic N) is 2. The van der Waals surface area contributed by atoms with Gasteiger partial charge in [0.15, 0.2) is 0 Å². The maximum Gasteiger partial charge on any atom is 0.226 e. The van der Waals surface area contributed by atoms with Crippen LogP contribution in [0.15, 0.2) is 0 Å². The minimum atomic E-state index is -0.103. The summed E-state index contributed by atoms with van der Waals surface area (Å²) >= 11 is 0. The van der Waals surface area contributed by atoms with Crippen molar-refractivity contribution < 1.29 is 4.79 Å². The summed E-state index contributed by atoms with van der Waals surface area (Å²) in [4.78, 5) is 13.5. The van der Waals surface area contributed by atoms with Crippen molar-refractivity contribution in [1.82, 2.24) is 4.90 Å². The van der Waals surface area contributed by atoms with E-state index in [1.165, 1.54) is 0 Å². The number of nitriles is 1. The number of rotatable bonds is 6. The predicted octanol–water partition coefficient (Wildman–Crippen LogP) is 0.979. The summed E-state index contributed by atoms with van der Waals surface area (Å²) in [7, 11) is 1.72. The standard InChI is InChI=1S/C11H21N3O/c1-9(2)7-10(8-13)11(15)14(3)6-4-5-12/h9-10H,4,6-8,13H2,1-3H3. The molecule has 0 saturated carbocycles. The Hall–Kier alpha value is -1.08. The molecule has 86 valence electrons. The molecule has 0 aliphatic rings. The lowest BCUT2D eigenvalue weighted by atomic mass is 9.96. The molecule has 0 aromatic heterocycles. The largest absolute Gasteiger partial charge is 0.344 e. The summed E-state index contributed by atoms with van der Waals surface area (Å²) in [6.45, 7) is 5.02. The van der Waals surface area contributed by atoms with E-state index in [4.69, 9.17) is 11.0 Å². The Kier molecular flexibility index (Phi) is 6.72. The van der Waals surface area contributed by atoms with Crippen LogP contribution in [0.1, 0.15) is 26.7 Å². The van der Waals surface area contributed by atoms with E-state index >= 15 is 0 Å². The number of hydrogen-bond acceptors (Lipinski definition) is 3. The molecule has 0 radical (unpaired) electrons. The molecule has 1 atom stereocenters. The summed E-state index contributed by atoms with van der Waals surface area (Å²) in [6.07, 6.45) is 1.19. The normalized spacial score (nSPS) is 12.3. The van der Waals surface area contributed by atoms with Gasteiger partial charge in [-0.25, -0.2) is 0 Å². The Balaban J connectivity index is 4.19. The maximum atomic E-state index is 11.9. The van der Waals surface area contributed by atoms with Crippen molar-refractivity contribution in [3.8, 4) is 6.07 Å². The van der Waals surface area contributed by atoms with Gasteiger partial charge in [-0.05, 0) is 12.3 Å². The third-order valence-electron chi connectivity index (χ3n) is 2.32. The van der Waals surface area contributed by atoms with Gasteiger partial charge in [0, 0.05) is 20.1 Å². The highest BCUT2D eigenvalue weighted by Gasteiger charge is 2.21. The quantitative estimate of drug-likeness (QED) is 0.712. The first-order valence-corrected chi connectivity index (χ1v) is 5.34. The van der Waals surface area contributed by atoms with E-state index in [-0.39, 0.29) is 11.8 Å². The van der Waals surface area contributed by atoms with Crippen LogP contribution in [0, 0.1) is 23.2 Å². The number of amides is 1. The second-order valence-corrected chi connectivity index (χ2v) is 4.23. The molecular weight excluding hydrogens is 190 g/mol. The Bertz CT molecular complexity index is 232. The van der Waals surface area contributed by atoms with Crippen molar-refractivity contribution in [2.75, 3.05) is 20.1 Å². The average Bonchev–Trinajstić information content (AvgIpc) is 2.21. The number of carbonyl (C=O) groups excluding carboxylic acids is 1. The van der Waals surface area contributed by atoms with Crippen molar-refractivity contribution in [3.63, 3.8) is 0 Å². The number of nitrogens with two attached hydrogens (primary N) is 1. The van der Waals surface area contributed by atoms with Gasteiger partial charge in [-0.1, -0.05) is 13.8 Å². The van der Waals surface area contributed by atoms with Gasteiger partial charge in [0.05, 0.1) is 18.4 Å². The van der Waals surface area contributed by atoms with Crippen LogP contribution in [0.4, 0.5) is 0 Å². The molecule has 0 heterocycles. The van der Waals surface area contributed by atoms with Crippen molar-refractivity contribution in [3.05, 3.63) is 0 Å². The molecule has 4 heteroatoms. The Labute approximate surface area is 92.0 Å². The highest BCUT2D eigenvalue weighted by molar-refractivity contribution is 5.78.